The average Bonchev–Trinajstić information content (AvgIpc) is 2.47. The molecular weight excluding hydrogens is 248 g/mol. The summed E-state index contributed by atoms with van der Waals surface area (Å²) in [5.41, 5.74) is 2.20. The lowest BCUT2D eigenvalue weighted by molar-refractivity contribution is -0.121. The molecule has 0 saturated heterocycles. The maximum absolute atomic E-state index is 12.0. The molecular formula is C18H20O2. The van der Waals surface area contributed by atoms with E-state index in [1.54, 1.807) is 0 Å². The molecule has 0 amide bonds. The number of rotatable bonds is 7. The Kier molecular flexibility index (Phi) is 5.51. The molecule has 0 saturated carbocycles. The molecule has 0 aliphatic carbocycles. The van der Waals surface area contributed by atoms with Crippen molar-refractivity contribution in [3.05, 3.63) is 71.8 Å². The first kappa shape index (κ1) is 14.5. The highest BCUT2D eigenvalue weighted by Crippen LogP contribution is 2.08. The summed E-state index contributed by atoms with van der Waals surface area (Å²) in [5.74, 6) is 0.219. The van der Waals surface area contributed by atoms with Crippen LogP contribution in [0.5, 0.6) is 0 Å². The summed E-state index contributed by atoms with van der Waals surface area (Å²) in [6, 6.07) is 19.8. The normalized spacial score (nSPS) is 12.1. The van der Waals surface area contributed by atoms with Crippen LogP contribution in [-0.2, 0) is 22.6 Å². The molecule has 104 valence electrons. The number of ketones is 1. The van der Waals surface area contributed by atoms with E-state index >= 15 is 0 Å². The summed E-state index contributed by atoms with van der Waals surface area (Å²) in [6.45, 7) is 2.51. The number of ether oxygens (including phenoxy) is 1. The van der Waals surface area contributed by atoms with Crippen molar-refractivity contribution >= 4 is 5.78 Å². The Morgan fingerprint density at radius 2 is 1.50 bits per heavy atom. The van der Waals surface area contributed by atoms with Gasteiger partial charge in [0.05, 0.1) is 12.7 Å². The molecule has 0 spiro atoms. The highest BCUT2D eigenvalue weighted by atomic mass is 16.5. The topological polar surface area (TPSA) is 26.3 Å². The fourth-order valence-electron chi connectivity index (χ4n) is 2.09. The van der Waals surface area contributed by atoms with Crippen LogP contribution in [0.2, 0.25) is 0 Å². The van der Waals surface area contributed by atoms with Gasteiger partial charge in [0, 0.05) is 12.8 Å². The first-order chi connectivity index (χ1) is 9.74. The van der Waals surface area contributed by atoms with Crippen LogP contribution in [0.1, 0.15) is 24.5 Å². The van der Waals surface area contributed by atoms with Crippen LogP contribution >= 0.6 is 0 Å². The van der Waals surface area contributed by atoms with Crippen molar-refractivity contribution in [1.82, 2.24) is 0 Å². The number of carbonyl (C=O) groups is 1. The van der Waals surface area contributed by atoms with E-state index in [0.29, 0.717) is 19.4 Å². The van der Waals surface area contributed by atoms with Gasteiger partial charge in [0.15, 0.2) is 0 Å². The van der Waals surface area contributed by atoms with Crippen molar-refractivity contribution in [2.24, 2.45) is 0 Å². The van der Waals surface area contributed by atoms with Gasteiger partial charge in [-0.05, 0) is 18.1 Å². The molecule has 20 heavy (non-hydrogen) atoms. The van der Waals surface area contributed by atoms with E-state index in [2.05, 4.69) is 0 Å². The van der Waals surface area contributed by atoms with Gasteiger partial charge in [0.25, 0.3) is 0 Å². The van der Waals surface area contributed by atoms with Crippen LogP contribution < -0.4 is 0 Å². The molecule has 0 fully saturated rings. The van der Waals surface area contributed by atoms with E-state index in [9.17, 15) is 4.79 Å². The lowest BCUT2D eigenvalue weighted by Gasteiger charge is -2.12. The first-order valence-electron chi connectivity index (χ1n) is 6.95. The second kappa shape index (κ2) is 7.61. The molecule has 2 heteroatoms. The molecule has 0 bridgehead atoms. The van der Waals surface area contributed by atoms with Crippen molar-refractivity contribution in [1.29, 1.82) is 0 Å². The van der Waals surface area contributed by atoms with Crippen LogP contribution in [0.3, 0.4) is 0 Å². The second-order valence-electron chi connectivity index (χ2n) is 5.01. The molecule has 0 N–H and O–H groups in total. The standard InChI is InChI=1S/C18H20O2/c1-15(20-14-17-10-6-3-7-11-17)12-18(19)13-16-8-4-2-5-9-16/h2-11,15H,12-14H2,1H3/t15-/m0/s1. The van der Waals surface area contributed by atoms with Gasteiger partial charge < -0.3 is 4.74 Å². The van der Waals surface area contributed by atoms with Crippen molar-refractivity contribution in [2.75, 3.05) is 0 Å². The van der Waals surface area contributed by atoms with Gasteiger partial charge in [-0.1, -0.05) is 60.7 Å². The van der Waals surface area contributed by atoms with Gasteiger partial charge >= 0.3 is 0 Å². The minimum absolute atomic E-state index is 0.0496. The minimum Gasteiger partial charge on any atom is -0.373 e. The predicted molar refractivity (Wildman–Crippen MR) is 80.5 cm³/mol. The van der Waals surface area contributed by atoms with Gasteiger partial charge in [0.1, 0.15) is 5.78 Å². The predicted octanol–water partition coefficient (Wildman–Crippen LogP) is 3.79. The van der Waals surface area contributed by atoms with Crippen molar-refractivity contribution < 1.29 is 9.53 Å². The van der Waals surface area contributed by atoms with Gasteiger partial charge in [-0.15, -0.1) is 0 Å². The van der Waals surface area contributed by atoms with Gasteiger partial charge in [0.2, 0.25) is 0 Å². The Bertz CT molecular complexity index is 520. The fourth-order valence-corrected chi connectivity index (χ4v) is 2.09. The zero-order chi connectivity index (χ0) is 14.2. The number of Topliss-reactive ketones (excluding diaryl/α,β-unsaturated/α-hetero) is 1. The van der Waals surface area contributed by atoms with Crippen LogP contribution in [-0.4, -0.2) is 11.9 Å². The van der Waals surface area contributed by atoms with E-state index in [1.165, 1.54) is 0 Å². The molecule has 0 aliphatic heterocycles. The molecule has 0 radical (unpaired) electrons. The summed E-state index contributed by atoms with van der Waals surface area (Å²) in [6.07, 6.45) is 0.896. The molecule has 0 unspecified atom stereocenters. The minimum atomic E-state index is -0.0496. The monoisotopic (exact) mass is 268 g/mol. The number of hydrogen-bond acceptors (Lipinski definition) is 2. The Labute approximate surface area is 120 Å². The van der Waals surface area contributed by atoms with Crippen LogP contribution in [0.4, 0.5) is 0 Å². The zero-order valence-corrected chi connectivity index (χ0v) is 11.8. The van der Waals surface area contributed by atoms with E-state index < -0.39 is 0 Å². The Balaban J connectivity index is 1.74. The summed E-state index contributed by atoms with van der Waals surface area (Å²) >= 11 is 0. The van der Waals surface area contributed by atoms with E-state index in [-0.39, 0.29) is 11.9 Å². The quantitative estimate of drug-likeness (QED) is 0.763. The molecule has 0 aliphatic rings. The summed E-state index contributed by atoms with van der Waals surface area (Å²) in [5, 5.41) is 0. The third kappa shape index (κ3) is 4.98. The van der Waals surface area contributed by atoms with Crippen LogP contribution in [0, 0.1) is 0 Å². The maximum Gasteiger partial charge on any atom is 0.139 e. The number of benzene rings is 2. The van der Waals surface area contributed by atoms with Gasteiger partial charge in [-0.2, -0.15) is 0 Å². The van der Waals surface area contributed by atoms with Gasteiger partial charge in [-0.3, -0.25) is 4.79 Å². The number of carbonyl (C=O) groups excluding carboxylic acids is 1. The molecule has 0 aromatic heterocycles. The molecule has 2 aromatic carbocycles. The molecule has 2 rings (SSSR count). The van der Waals surface area contributed by atoms with E-state index in [4.69, 9.17) is 4.74 Å². The lowest BCUT2D eigenvalue weighted by Crippen LogP contribution is -2.15. The Hall–Kier alpha value is -1.93. The van der Waals surface area contributed by atoms with Crippen LogP contribution in [0.15, 0.2) is 60.7 Å². The fraction of sp³-hybridized carbons (Fsp3) is 0.278. The lowest BCUT2D eigenvalue weighted by atomic mass is 10.1. The molecule has 0 heterocycles. The first-order valence-corrected chi connectivity index (χ1v) is 6.95. The maximum atomic E-state index is 12.0. The summed E-state index contributed by atoms with van der Waals surface area (Å²) in [7, 11) is 0. The number of hydrogen-bond donors (Lipinski definition) is 0. The molecule has 1 atom stereocenters. The highest BCUT2D eigenvalue weighted by Gasteiger charge is 2.10. The third-order valence-electron chi connectivity index (χ3n) is 3.14. The average molecular weight is 268 g/mol. The van der Waals surface area contributed by atoms with Crippen LogP contribution in [0.25, 0.3) is 0 Å². The van der Waals surface area contributed by atoms with E-state index in [1.807, 2.05) is 67.6 Å². The SMILES string of the molecule is C[C@@H](CC(=O)Cc1ccccc1)OCc1ccccc1. The van der Waals surface area contributed by atoms with E-state index in [0.717, 1.165) is 11.1 Å². The Morgan fingerprint density at radius 3 is 2.10 bits per heavy atom. The summed E-state index contributed by atoms with van der Waals surface area (Å²) in [4.78, 5) is 12.0. The second-order valence-corrected chi connectivity index (χ2v) is 5.01. The van der Waals surface area contributed by atoms with Crippen molar-refractivity contribution in [3.63, 3.8) is 0 Å². The summed E-state index contributed by atoms with van der Waals surface area (Å²) < 4.78 is 5.72. The smallest absolute Gasteiger partial charge is 0.139 e. The Morgan fingerprint density at radius 1 is 0.950 bits per heavy atom. The third-order valence-corrected chi connectivity index (χ3v) is 3.14. The van der Waals surface area contributed by atoms with Gasteiger partial charge in [-0.25, -0.2) is 0 Å². The van der Waals surface area contributed by atoms with Crippen molar-refractivity contribution in [3.8, 4) is 0 Å². The largest absolute Gasteiger partial charge is 0.373 e. The zero-order valence-electron chi connectivity index (χ0n) is 11.8. The van der Waals surface area contributed by atoms with Crippen molar-refractivity contribution in [2.45, 2.75) is 32.5 Å². The highest BCUT2D eigenvalue weighted by molar-refractivity contribution is 5.81. The molecule has 2 aromatic rings. The molecule has 2 nitrogen and oxygen atoms in total.